The number of carbonyl (C=O) groups is 3. The van der Waals surface area contributed by atoms with Crippen molar-refractivity contribution in [3.05, 3.63) is 88.0 Å². The first kappa shape index (κ1) is 34.3. The Hall–Kier alpha value is -4.04. The summed E-state index contributed by atoms with van der Waals surface area (Å²) >= 11 is 0. The number of methoxy groups -OCH3 is 1. The molecule has 0 spiro atoms. The van der Waals surface area contributed by atoms with Crippen LogP contribution < -0.4 is 11.1 Å². The van der Waals surface area contributed by atoms with Crippen LogP contribution in [0.5, 0.6) is 11.5 Å². The number of halogens is 1. The molecule has 0 radical (unpaired) electrons. The highest BCUT2D eigenvalue weighted by molar-refractivity contribution is 6.30. The first-order chi connectivity index (χ1) is 22.0. The molecule has 0 aromatic heterocycles. The summed E-state index contributed by atoms with van der Waals surface area (Å²) in [6.45, 7) is 1.59. The monoisotopic (exact) mass is 668 g/mol. The van der Waals surface area contributed by atoms with Gasteiger partial charge < -0.3 is 40.0 Å². The number of ketones is 2. The molecular weight excluding hydrogens is 632 g/mol. The van der Waals surface area contributed by atoms with Gasteiger partial charge in [-0.2, -0.15) is 0 Å². The molecule has 12 nitrogen and oxygen atoms in total. The van der Waals surface area contributed by atoms with Gasteiger partial charge in [-0.3, -0.25) is 14.9 Å². The van der Waals surface area contributed by atoms with Crippen molar-refractivity contribution >= 4 is 35.8 Å². The number of hydrogen-bond donors (Lipinski definition) is 5. The number of carbonyl (C=O) groups excluding carboxylic acids is 3. The van der Waals surface area contributed by atoms with Crippen molar-refractivity contribution < 1.29 is 48.7 Å². The van der Waals surface area contributed by atoms with Gasteiger partial charge in [0.2, 0.25) is 0 Å². The van der Waals surface area contributed by atoms with E-state index in [1.807, 2.05) is 0 Å². The van der Waals surface area contributed by atoms with Gasteiger partial charge in [-0.15, -0.1) is 12.4 Å². The zero-order chi connectivity index (χ0) is 32.7. The zero-order valence-electron chi connectivity index (χ0n) is 25.8. The quantitative estimate of drug-likeness (QED) is 0.178. The maximum Gasteiger partial charge on any atom is 0.411 e. The number of aromatic hydroxyl groups is 2. The number of nitrogens with one attached hydrogen (secondary N) is 1. The van der Waals surface area contributed by atoms with Crippen LogP contribution in [-0.2, 0) is 25.4 Å². The average molecular weight is 669 g/mol. The third kappa shape index (κ3) is 6.45. The van der Waals surface area contributed by atoms with Crippen molar-refractivity contribution in [2.24, 2.45) is 5.73 Å². The van der Waals surface area contributed by atoms with E-state index in [-0.39, 0.29) is 84.2 Å². The van der Waals surface area contributed by atoms with Gasteiger partial charge >= 0.3 is 6.09 Å². The van der Waals surface area contributed by atoms with Crippen molar-refractivity contribution in [1.29, 1.82) is 0 Å². The van der Waals surface area contributed by atoms with Crippen LogP contribution >= 0.6 is 12.4 Å². The number of para-hydroxylation sites is 1. The number of anilines is 1. The molecule has 3 aromatic rings. The second-order valence-corrected chi connectivity index (χ2v) is 12.0. The summed E-state index contributed by atoms with van der Waals surface area (Å²) in [5, 5.41) is 37.7. The lowest BCUT2D eigenvalue weighted by Crippen LogP contribution is -2.53. The molecule has 1 heterocycles. The molecule has 1 unspecified atom stereocenters. The van der Waals surface area contributed by atoms with E-state index in [0.29, 0.717) is 5.69 Å². The molecule has 6 rings (SSSR count). The van der Waals surface area contributed by atoms with Gasteiger partial charge in [0.25, 0.3) is 0 Å². The summed E-state index contributed by atoms with van der Waals surface area (Å²) in [5.41, 5.74) is 4.90. The van der Waals surface area contributed by atoms with E-state index in [2.05, 4.69) is 5.32 Å². The topological polar surface area (TPSA) is 187 Å². The summed E-state index contributed by atoms with van der Waals surface area (Å²) in [7, 11) is 1.53. The van der Waals surface area contributed by atoms with E-state index in [0.717, 1.165) is 0 Å². The average Bonchev–Trinajstić information content (AvgIpc) is 3.01. The van der Waals surface area contributed by atoms with Gasteiger partial charge in [-0.1, -0.05) is 42.5 Å². The van der Waals surface area contributed by atoms with Gasteiger partial charge in [0, 0.05) is 66.8 Å². The normalized spacial score (nSPS) is 26.3. The van der Waals surface area contributed by atoms with Crippen LogP contribution in [0.4, 0.5) is 10.5 Å². The largest absolute Gasteiger partial charge is 0.507 e. The second-order valence-electron chi connectivity index (χ2n) is 12.0. The number of amides is 1. The van der Waals surface area contributed by atoms with E-state index in [1.54, 1.807) is 49.4 Å². The van der Waals surface area contributed by atoms with E-state index < -0.39 is 59.3 Å². The molecule has 47 heavy (non-hydrogen) atoms. The summed E-state index contributed by atoms with van der Waals surface area (Å²) in [4.78, 5) is 39.6. The lowest BCUT2D eigenvalue weighted by atomic mass is 9.72. The number of ether oxygens (including phenoxy) is 4. The molecule has 1 aliphatic heterocycles. The molecule has 2 aliphatic carbocycles. The molecular formula is C34H37ClN2O10. The maximum atomic E-state index is 13.6. The molecule has 1 amide bonds. The van der Waals surface area contributed by atoms with Crippen molar-refractivity contribution in [1.82, 2.24) is 0 Å². The molecule has 250 valence electrons. The standard InChI is InChI=1S/C34H36N2O10.ClH/c1-17-32(43-2)22(35)14-24(45-17)46-23-16-34(42,12-13-44-33(41)36-18-8-4-3-5-9-18)15-21-25(23)31(40)27-26(30(21)39)28(37)19-10-6-7-11-20(19)29(27)38;/h3-11,17,22-24,32,39-40,42H,12-16,35H2,1-2H3,(H,36,41);1H/t17-,22+,23+,24+,32+,34?;/m1./s1. The molecule has 6 N–H and O–H groups in total. The van der Waals surface area contributed by atoms with Crippen molar-refractivity contribution in [2.75, 3.05) is 19.0 Å². The van der Waals surface area contributed by atoms with Gasteiger partial charge in [0.15, 0.2) is 17.9 Å². The number of benzene rings is 3. The van der Waals surface area contributed by atoms with Crippen LogP contribution in [0.1, 0.15) is 75.3 Å². The molecule has 3 aromatic carbocycles. The number of hydrogen-bond acceptors (Lipinski definition) is 11. The number of nitrogens with two attached hydrogens (primary N) is 1. The van der Waals surface area contributed by atoms with Crippen LogP contribution in [-0.4, -0.2) is 76.8 Å². The molecule has 6 atom stereocenters. The fourth-order valence-electron chi connectivity index (χ4n) is 6.79. The fourth-order valence-corrected chi connectivity index (χ4v) is 6.79. The van der Waals surface area contributed by atoms with Crippen LogP contribution in [0.2, 0.25) is 0 Å². The highest BCUT2D eigenvalue weighted by atomic mass is 35.5. The summed E-state index contributed by atoms with van der Waals surface area (Å²) in [6, 6.07) is 14.4. The molecule has 13 heteroatoms. The maximum absolute atomic E-state index is 13.6. The summed E-state index contributed by atoms with van der Waals surface area (Å²) < 4.78 is 23.2. The Balaban J connectivity index is 0.00000433. The lowest BCUT2D eigenvalue weighted by molar-refractivity contribution is -0.251. The van der Waals surface area contributed by atoms with E-state index in [4.69, 9.17) is 24.7 Å². The third-order valence-corrected chi connectivity index (χ3v) is 8.98. The molecule has 0 saturated carbocycles. The van der Waals surface area contributed by atoms with Crippen molar-refractivity contribution in [2.45, 2.75) is 68.9 Å². The van der Waals surface area contributed by atoms with Crippen LogP contribution in [0.15, 0.2) is 54.6 Å². The predicted octanol–water partition coefficient (Wildman–Crippen LogP) is 4.15. The van der Waals surface area contributed by atoms with Gasteiger partial charge in [0.05, 0.1) is 41.6 Å². The van der Waals surface area contributed by atoms with Crippen molar-refractivity contribution in [3.8, 4) is 11.5 Å². The Morgan fingerprint density at radius 1 is 1.02 bits per heavy atom. The van der Waals surface area contributed by atoms with E-state index in [1.165, 1.54) is 19.2 Å². The minimum absolute atomic E-state index is 0. The number of rotatable bonds is 7. The van der Waals surface area contributed by atoms with E-state index in [9.17, 15) is 29.7 Å². The minimum atomic E-state index is -1.63. The SMILES string of the molecule is CO[C@@H]1[C@@H](N)C[C@H](O[C@H]2CC(O)(CCOC(=O)Nc3ccccc3)Cc3c(O)c4c(c(O)c32)C(=O)c2ccccc2C4=O)O[C@@H]1C.Cl. The number of aliphatic hydroxyl groups is 1. The molecule has 3 aliphatic rings. The zero-order valence-corrected chi connectivity index (χ0v) is 26.6. The number of fused-ring (bicyclic) bond motifs is 3. The summed E-state index contributed by atoms with van der Waals surface area (Å²) in [6.07, 6.45) is -3.75. The van der Waals surface area contributed by atoms with E-state index >= 15 is 0 Å². The van der Waals surface area contributed by atoms with Gasteiger partial charge in [-0.25, -0.2) is 4.79 Å². The number of phenols is 2. The first-order valence-electron chi connectivity index (χ1n) is 15.1. The minimum Gasteiger partial charge on any atom is -0.507 e. The Morgan fingerprint density at radius 2 is 1.64 bits per heavy atom. The van der Waals surface area contributed by atoms with Crippen LogP contribution in [0.3, 0.4) is 0 Å². The van der Waals surface area contributed by atoms with Crippen LogP contribution in [0, 0.1) is 0 Å². The third-order valence-electron chi connectivity index (χ3n) is 8.98. The number of phenolic OH excluding ortho intramolecular Hbond substituents is 2. The predicted molar refractivity (Wildman–Crippen MR) is 171 cm³/mol. The van der Waals surface area contributed by atoms with Gasteiger partial charge in [0.1, 0.15) is 11.5 Å². The molecule has 0 bridgehead atoms. The van der Waals surface area contributed by atoms with Crippen molar-refractivity contribution in [3.63, 3.8) is 0 Å². The lowest BCUT2D eigenvalue weighted by Gasteiger charge is -2.43. The highest BCUT2D eigenvalue weighted by Crippen LogP contribution is 2.52. The molecule has 1 saturated heterocycles. The Morgan fingerprint density at radius 3 is 2.26 bits per heavy atom. The Bertz CT molecular complexity index is 1670. The Kier molecular flexibility index (Phi) is 9.92. The Labute approximate surface area is 277 Å². The first-order valence-corrected chi connectivity index (χ1v) is 15.1. The molecule has 1 fully saturated rings. The highest BCUT2D eigenvalue weighted by Gasteiger charge is 2.47. The smallest absolute Gasteiger partial charge is 0.411 e. The fraction of sp³-hybridized carbons (Fsp3) is 0.382. The second kappa shape index (κ2) is 13.6. The van der Waals surface area contributed by atoms with Crippen LogP contribution in [0.25, 0.3) is 0 Å². The summed E-state index contributed by atoms with van der Waals surface area (Å²) in [5.74, 6) is -2.29. The van der Waals surface area contributed by atoms with Gasteiger partial charge in [-0.05, 0) is 19.1 Å².